The lowest BCUT2D eigenvalue weighted by molar-refractivity contribution is -0.0721. The van der Waals surface area contributed by atoms with E-state index in [1.165, 1.54) is 4.88 Å². The first-order valence-corrected chi connectivity index (χ1v) is 17.1. The Kier molecular flexibility index (Phi) is 9.85. The van der Waals surface area contributed by atoms with E-state index >= 15 is 0 Å². The maximum absolute atomic E-state index is 5.94. The van der Waals surface area contributed by atoms with E-state index in [0.717, 1.165) is 78.0 Å². The molecule has 5 aromatic rings. The molecule has 0 bridgehead atoms. The first-order chi connectivity index (χ1) is 23.2. The molecule has 240 valence electrons. The summed E-state index contributed by atoms with van der Waals surface area (Å²) in [5, 5.41) is 2.13. The lowest BCUT2D eigenvalue weighted by Gasteiger charge is -2.27. The lowest BCUT2D eigenvalue weighted by Crippen LogP contribution is -2.32. The van der Waals surface area contributed by atoms with Crippen LogP contribution in [0.4, 0.5) is 22.7 Å². The number of anilines is 4. The highest BCUT2D eigenvalue weighted by Gasteiger charge is 2.19. The monoisotopic (exact) mass is 644 g/mol. The summed E-state index contributed by atoms with van der Waals surface area (Å²) in [6.07, 6.45) is 6.95. The maximum Gasteiger partial charge on any atom is 0.119 e. The SMILES string of the molecule is CN(c1ccc(/C=C/c2ccc(N(Cc3cccs3)c3ccc(OCC4CCO4)cc3)cc2)cc1)c1ccc(OCC2CCO2)cc1. The average molecular weight is 645 g/mol. The van der Waals surface area contributed by atoms with Gasteiger partial charge in [0.1, 0.15) is 24.7 Å². The van der Waals surface area contributed by atoms with Crippen LogP contribution in [-0.2, 0) is 16.0 Å². The van der Waals surface area contributed by atoms with Crippen molar-refractivity contribution < 1.29 is 18.9 Å². The lowest BCUT2D eigenvalue weighted by atomic mass is 10.1. The van der Waals surface area contributed by atoms with Crippen LogP contribution in [0.1, 0.15) is 28.8 Å². The van der Waals surface area contributed by atoms with E-state index in [4.69, 9.17) is 18.9 Å². The van der Waals surface area contributed by atoms with Gasteiger partial charge in [0.25, 0.3) is 0 Å². The van der Waals surface area contributed by atoms with E-state index in [-0.39, 0.29) is 12.2 Å². The van der Waals surface area contributed by atoms with Gasteiger partial charge in [0, 0.05) is 60.7 Å². The van der Waals surface area contributed by atoms with Crippen LogP contribution in [0.2, 0.25) is 0 Å². The van der Waals surface area contributed by atoms with Crippen molar-refractivity contribution in [3.63, 3.8) is 0 Å². The molecule has 0 aliphatic carbocycles. The largest absolute Gasteiger partial charge is 0.491 e. The molecule has 47 heavy (non-hydrogen) atoms. The number of rotatable bonds is 14. The van der Waals surface area contributed by atoms with Gasteiger partial charge in [-0.25, -0.2) is 0 Å². The van der Waals surface area contributed by atoms with Crippen molar-refractivity contribution in [2.24, 2.45) is 0 Å². The Morgan fingerprint density at radius 3 is 1.51 bits per heavy atom. The Bertz CT molecular complexity index is 1710. The van der Waals surface area contributed by atoms with Gasteiger partial charge in [0.15, 0.2) is 0 Å². The normalized spacial score (nSPS) is 17.1. The van der Waals surface area contributed by atoms with Crippen LogP contribution in [0.15, 0.2) is 115 Å². The van der Waals surface area contributed by atoms with Crippen molar-refractivity contribution in [1.29, 1.82) is 0 Å². The molecule has 0 saturated carbocycles. The number of nitrogens with zero attached hydrogens (tertiary/aromatic N) is 2. The summed E-state index contributed by atoms with van der Waals surface area (Å²) < 4.78 is 22.7. The van der Waals surface area contributed by atoms with Crippen molar-refractivity contribution in [3.05, 3.63) is 131 Å². The minimum absolute atomic E-state index is 0.228. The minimum atomic E-state index is 0.228. The zero-order chi connectivity index (χ0) is 31.8. The Balaban J connectivity index is 0.975. The fourth-order valence-corrected chi connectivity index (χ4v) is 6.20. The van der Waals surface area contributed by atoms with Gasteiger partial charge in [0.05, 0.1) is 18.8 Å². The summed E-state index contributed by atoms with van der Waals surface area (Å²) in [5.74, 6) is 1.74. The summed E-state index contributed by atoms with van der Waals surface area (Å²) in [7, 11) is 2.08. The first kappa shape index (κ1) is 31.1. The molecule has 2 fully saturated rings. The molecule has 0 amide bonds. The van der Waals surface area contributed by atoms with Gasteiger partial charge >= 0.3 is 0 Å². The summed E-state index contributed by atoms with van der Waals surface area (Å²) in [4.78, 5) is 5.84. The van der Waals surface area contributed by atoms with E-state index in [9.17, 15) is 0 Å². The number of hydrogen-bond donors (Lipinski definition) is 0. The highest BCUT2D eigenvalue weighted by atomic mass is 32.1. The minimum Gasteiger partial charge on any atom is -0.491 e. The molecule has 3 heterocycles. The molecule has 4 aromatic carbocycles. The maximum atomic E-state index is 5.94. The highest BCUT2D eigenvalue weighted by molar-refractivity contribution is 7.09. The molecule has 7 rings (SSSR count). The van der Waals surface area contributed by atoms with Gasteiger partial charge in [-0.1, -0.05) is 42.5 Å². The molecule has 7 heteroatoms. The second-order valence-electron chi connectivity index (χ2n) is 11.9. The van der Waals surface area contributed by atoms with Crippen LogP contribution < -0.4 is 19.3 Å². The topological polar surface area (TPSA) is 43.4 Å². The van der Waals surface area contributed by atoms with Gasteiger partial charge < -0.3 is 28.7 Å². The number of thiophene rings is 1. The van der Waals surface area contributed by atoms with Crippen LogP contribution in [0.5, 0.6) is 11.5 Å². The third-order valence-electron chi connectivity index (χ3n) is 8.68. The summed E-state index contributed by atoms with van der Waals surface area (Å²) in [5.41, 5.74) is 6.81. The summed E-state index contributed by atoms with van der Waals surface area (Å²) in [6.45, 7) is 3.71. The Morgan fingerprint density at radius 1 is 0.638 bits per heavy atom. The molecular weight excluding hydrogens is 605 g/mol. The van der Waals surface area contributed by atoms with Crippen molar-refractivity contribution in [2.45, 2.75) is 31.6 Å². The predicted octanol–water partition coefficient (Wildman–Crippen LogP) is 9.36. The Labute approximate surface area is 281 Å². The van der Waals surface area contributed by atoms with Crippen LogP contribution in [0.3, 0.4) is 0 Å². The van der Waals surface area contributed by atoms with Gasteiger partial charge in [-0.05, 0) is 95.4 Å². The zero-order valence-corrected chi connectivity index (χ0v) is 27.5. The summed E-state index contributed by atoms with van der Waals surface area (Å²) in [6, 6.07) is 38.2. The van der Waals surface area contributed by atoms with E-state index in [2.05, 4.69) is 119 Å². The van der Waals surface area contributed by atoms with Gasteiger partial charge in [-0.2, -0.15) is 0 Å². The standard InChI is InChI=1S/C40H40N2O4S/c1-41(33-14-18-36(19-15-33)45-28-38-22-24-43-38)32-10-6-30(7-11-32)4-5-31-8-12-34(13-9-31)42(27-40-3-2-26-47-40)35-16-20-37(21-17-35)46-29-39-23-25-44-39/h2-21,26,38-39H,22-25,27-29H2,1H3/b5-4+. The second kappa shape index (κ2) is 14.9. The number of ether oxygens (including phenoxy) is 4. The third kappa shape index (κ3) is 8.06. The van der Waals surface area contributed by atoms with E-state index < -0.39 is 0 Å². The summed E-state index contributed by atoms with van der Waals surface area (Å²) >= 11 is 1.78. The molecule has 2 saturated heterocycles. The molecule has 2 atom stereocenters. The van der Waals surface area contributed by atoms with Crippen molar-refractivity contribution in [3.8, 4) is 11.5 Å². The predicted molar refractivity (Wildman–Crippen MR) is 193 cm³/mol. The first-order valence-electron chi connectivity index (χ1n) is 16.3. The molecule has 2 aliphatic heterocycles. The Hall–Kier alpha value is -4.56. The smallest absolute Gasteiger partial charge is 0.119 e. The Morgan fingerprint density at radius 2 is 1.09 bits per heavy atom. The molecular formula is C40H40N2O4S. The van der Waals surface area contributed by atoms with Crippen LogP contribution in [0, 0.1) is 0 Å². The van der Waals surface area contributed by atoms with Gasteiger partial charge in [-0.15, -0.1) is 11.3 Å². The molecule has 1 aromatic heterocycles. The number of benzene rings is 4. The van der Waals surface area contributed by atoms with Crippen LogP contribution in [-0.4, -0.2) is 45.7 Å². The van der Waals surface area contributed by atoms with E-state index in [0.29, 0.717) is 13.2 Å². The fraction of sp³-hybridized carbons (Fsp3) is 0.250. The highest BCUT2D eigenvalue weighted by Crippen LogP contribution is 2.31. The number of hydrogen-bond acceptors (Lipinski definition) is 7. The van der Waals surface area contributed by atoms with E-state index in [1.807, 2.05) is 24.3 Å². The zero-order valence-electron chi connectivity index (χ0n) is 26.7. The molecule has 0 N–H and O–H groups in total. The van der Waals surface area contributed by atoms with Crippen molar-refractivity contribution >= 4 is 46.2 Å². The van der Waals surface area contributed by atoms with Crippen LogP contribution in [0.25, 0.3) is 12.2 Å². The average Bonchev–Trinajstić information content (AvgIpc) is 3.59. The van der Waals surface area contributed by atoms with Gasteiger partial charge in [-0.3, -0.25) is 0 Å². The quantitative estimate of drug-likeness (QED) is 0.112. The third-order valence-corrected chi connectivity index (χ3v) is 9.54. The molecule has 0 radical (unpaired) electrons. The molecule has 0 spiro atoms. The second-order valence-corrected chi connectivity index (χ2v) is 12.9. The van der Waals surface area contributed by atoms with E-state index in [1.54, 1.807) is 11.3 Å². The fourth-order valence-electron chi connectivity index (χ4n) is 5.50. The molecule has 2 aliphatic rings. The van der Waals surface area contributed by atoms with Crippen molar-refractivity contribution in [1.82, 2.24) is 0 Å². The molecule has 2 unspecified atom stereocenters. The van der Waals surface area contributed by atoms with Gasteiger partial charge in [0.2, 0.25) is 0 Å². The van der Waals surface area contributed by atoms with Crippen molar-refractivity contribution in [2.75, 3.05) is 43.3 Å². The molecule has 6 nitrogen and oxygen atoms in total. The van der Waals surface area contributed by atoms with Crippen LogP contribution >= 0.6 is 11.3 Å².